The van der Waals surface area contributed by atoms with Crippen molar-refractivity contribution in [3.05, 3.63) is 52.7 Å². The van der Waals surface area contributed by atoms with Crippen LogP contribution in [-0.2, 0) is 10.3 Å². The van der Waals surface area contributed by atoms with Gasteiger partial charge in [-0.15, -0.1) is 0 Å². The summed E-state index contributed by atoms with van der Waals surface area (Å²) < 4.78 is 76.4. The van der Waals surface area contributed by atoms with E-state index in [9.17, 15) is 26.7 Å². The summed E-state index contributed by atoms with van der Waals surface area (Å²) in [5.41, 5.74) is 2.70. The predicted molar refractivity (Wildman–Crippen MR) is 120 cm³/mol. The lowest BCUT2D eigenvalue weighted by atomic mass is 9.76. The van der Waals surface area contributed by atoms with Crippen LogP contribution in [0.25, 0.3) is 6.08 Å². The highest BCUT2D eigenvalue weighted by atomic mass is 35.5. The second-order valence-corrected chi connectivity index (χ2v) is 8.71. The molecule has 1 amide bonds. The summed E-state index contributed by atoms with van der Waals surface area (Å²) in [5, 5.41) is 2.03. The quantitative estimate of drug-likeness (QED) is 0.512. The Morgan fingerprint density at radius 3 is 2.69 bits per heavy atom. The van der Waals surface area contributed by atoms with Crippen LogP contribution in [0.1, 0.15) is 34.6 Å². The van der Waals surface area contributed by atoms with E-state index < -0.39 is 48.0 Å². The molecule has 36 heavy (non-hydrogen) atoms. The van der Waals surface area contributed by atoms with Gasteiger partial charge in [-0.25, -0.2) is 23.7 Å². The topological polar surface area (TPSA) is 112 Å². The molecule has 1 aromatic heterocycles. The number of anilines is 1. The number of aromatic nitrogens is 2. The van der Waals surface area contributed by atoms with Crippen molar-refractivity contribution in [1.82, 2.24) is 9.97 Å². The van der Waals surface area contributed by atoms with Gasteiger partial charge in [-0.05, 0) is 31.1 Å². The van der Waals surface area contributed by atoms with E-state index in [0.29, 0.717) is 12.8 Å². The van der Waals surface area contributed by atoms with Gasteiger partial charge in [-0.3, -0.25) is 4.79 Å². The molecule has 2 aromatic rings. The molecule has 3 N–H and O–H groups in total. The molecule has 1 aromatic carbocycles. The Bertz CT molecular complexity index is 1250. The van der Waals surface area contributed by atoms with E-state index in [-0.39, 0.29) is 40.3 Å². The number of nitrogens with one attached hydrogen (secondary N) is 1. The second-order valence-electron chi connectivity index (χ2n) is 8.34. The van der Waals surface area contributed by atoms with E-state index in [1.54, 1.807) is 0 Å². The van der Waals surface area contributed by atoms with Crippen molar-refractivity contribution >= 4 is 35.3 Å². The highest BCUT2D eigenvalue weighted by molar-refractivity contribution is 6.31. The molecule has 1 aliphatic carbocycles. The summed E-state index contributed by atoms with van der Waals surface area (Å²) >= 11 is 6.22. The molecule has 1 spiro atoms. The van der Waals surface area contributed by atoms with Crippen molar-refractivity contribution < 1.29 is 36.2 Å². The van der Waals surface area contributed by atoms with Crippen molar-refractivity contribution in [3.63, 3.8) is 0 Å². The summed E-state index contributed by atoms with van der Waals surface area (Å²) in [6, 6.07) is 1.94. The fourth-order valence-corrected chi connectivity index (χ4v) is 4.32. The zero-order valence-electron chi connectivity index (χ0n) is 18.5. The fraction of sp³-hybridized carbons (Fsp3) is 0.364. The second kappa shape index (κ2) is 9.19. The molecule has 1 fully saturated rings. The molecule has 0 bridgehead atoms. The third kappa shape index (κ3) is 4.66. The third-order valence-electron chi connectivity index (χ3n) is 6.02. The predicted octanol–water partition coefficient (Wildman–Crippen LogP) is 4.40. The summed E-state index contributed by atoms with van der Waals surface area (Å²) in [6.07, 6.45) is -1.59. The minimum absolute atomic E-state index is 0.0170. The van der Waals surface area contributed by atoms with Crippen molar-refractivity contribution in [2.75, 3.05) is 25.2 Å². The molecule has 14 heteroatoms. The Labute approximate surface area is 206 Å². The minimum Gasteiger partial charge on any atom is -0.467 e. The number of alkyl halides is 4. The Hall–Kier alpha value is -3.48. The van der Waals surface area contributed by atoms with E-state index in [1.165, 1.54) is 6.07 Å². The van der Waals surface area contributed by atoms with Crippen molar-refractivity contribution in [1.29, 1.82) is 0 Å². The van der Waals surface area contributed by atoms with Gasteiger partial charge in [0.25, 0.3) is 11.9 Å². The number of halogens is 6. The molecule has 4 rings (SSSR count). The van der Waals surface area contributed by atoms with E-state index in [2.05, 4.69) is 31.6 Å². The van der Waals surface area contributed by atoms with Crippen LogP contribution >= 0.6 is 11.6 Å². The highest BCUT2D eigenvalue weighted by Gasteiger charge is 2.64. The molecule has 1 saturated carbocycles. The first-order valence-corrected chi connectivity index (χ1v) is 10.9. The maximum Gasteiger partial charge on any atom is 0.422 e. The van der Waals surface area contributed by atoms with E-state index >= 15 is 0 Å². The van der Waals surface area contributed by atoms with Gasteiger partial charge in [0.05, 0.1) is 23.5 Å². The average Bonchev–Trinajstić information content (AvgIpc) is 3.62. The van der Waals surface area contributed by atoms with Gasteiger partial charge in [0.15, 0.2) is 12.3 Å². The largest absolute Gasteiger partial charge is 0.467 e. The number of carbonyl (C=O) groups is 1. The SMILES string of the molecule is C=Cc1nc(OCC(F)(F)F)cnc1C(=O)Nc1cc(F)c(Cl)c([C@]2(CF)N=C(N)OCC23CC3)c1. The van der Waals surface area contributed by atoms with Crippen LogP contribution in [0.15, 0.2) is 29.9 Å². The van der Waals surface area contributed by atoms with Crippen LogP contribution in [0.3, 0.4) is 0 Å². The van der Waals surface area contributed by atoms with Gasteiger partial charge in [-0.1, -0.05) is 18.2 Å². The zero-order chi connectivity index (χ0) is 26.3. The highest BCUT2D eigenvalue weighted by Crippen LogP contribution is 2.63. The number of carbonyl (C=O) groups excluding carboxylic acids is 1. The lowest BCUT2D eigenvalue weighted by Crippen LogP contribution is -2.47. The summed E-state index contributed by atoms with van der Waals surface area (Å²) in [7, 11) is 0. The lowest BCUT2D eigenvalue weighted by Gasteiger charge is -2.40. The normalized spacial score (nSPS) is 20.3. The van der Waals surface area contributed by atoms with E-state index in [0.717, 1.165) is 18.3 Å². The maximum absolute atomic E-state index is 14.8. The zero-order valence-corrected chi connectivity index (χ0v) is 19.2. The summed E-state index contributed by atoms with van der Waals surface area (Å²) in [5.74, 6) is -2.31. The molecule has 192 valence electrons. The molecular formula is C22H19ClF5N5O3. The number of ether oxygens (including phenoxy) is 2. The average molecular weight is 532 g/mol. The van der Waals surface area contributed by atoms with Crippen LogP contribution in [0.4, 0.5) is 27.6 Å². The molecule has 2 aliphatic rings. The molecule has 8 nitrogen and oxygen atoms in total. The van der Waals surface area contributed by atoms with Crippen LogP contribution in [0, 0.1) is 11.2 Å². The fourth-order valence-electron chi connectivity index (χ4n) is 4.05. The lowest BCUT2D eigenvalue weighted by molar-refractivity contribution is -0.154. The van der Waals surface area contributed by atoms with Gasteiger partial charge < -0.3 is 20.5 Å². The van der Waals surface area contributed by atoms with Crippen molar-refractivity contribution in [2.24, 2.45) is 16.1 Å². The van der Waals surface area contributed by atoms with Gasteiger partial charge in [0.2, 0.25) is 5.88 Å². The number of nitrogens with two attached hydrogens (primary N) is 1. The van der Waals surface area contributed by atoms with Crippen LogP contribution in [-0.4, -0.2) is 48.0 Å². The molecule has 0 radical (unpaired) electrons. The molecular weight excluding hydrogens is 513 g/mol. The Morgan fingerprint density at radius 1 is 1.36 bits per heavy atom. The number of hydrogen-bond acceptors (Lipinski definition) is 7. The number of aliphatic imine (C=N–C) groups is 1. The minimum atomic E-state index is -4.60. The van der Waals surface area contributed by atoms with Crippen LogP contribution in [0.2, 0.25) is 5.02 Å². The Morgan fingerprint density at radius 2 is 2.08 bits per heavy atom. The van der Waals surface area contributed by atoms with Gasteiger partial charge in [-0.2, -0.15) is 13.2 Å². The van der Waals surface area contributed by atoms with Gasteiger partial charge in [0, 0.05) is 16.7 Å². The molecule has 0 unspecified atom stereocenters. The van der Waals surface area contributed by atoms with Crippen molar-refractivity contribution in [3.8, 4) is 5.88 Å². The van der Waals surface area contributed by atoms with Gasteiger partial charge >= 0.3 is 6.18 Å². The third-order valence-corrected chi connectivity index (χ3v) is 6.41. The van der Waals surface area contributed by atoms with Crippen molar-refractivity contribution in [2.45, 2.75) is 24.6 Å². The summed E-state index contributed by atoms with van der Waals surface area (Å²) in [4.78, 5) is 24.6. The van der Waals surface area contributed by atoms with Crippen LogP contribution in [0.5, 0.6) is 5.88 Å². The smallest absolute Gasteiger partial charge is 0.422 e. The first-order chi connectivity index (χ1) is 16.9. The Balaban J connectivity index is 1.66. The number of benzene rings is 1. The van der Waals surface area contributed by atoms with Crippen LogP contribution < -0.4 is 15.8 Å². The number of hydrogen-bond donors (Lipinski definition) is 2. The molecule has 2 heterocycles. The number of amidine groups is 1. The number of nitrogens with zero attached hydrogens (tertiary/aromatic N) is 3. The molecule has 0 saturated heterocycles. The standard InChI is InChI=1S/C22H19ClF5N5O3/c1-2-14-17(30-7-15(32-14)35-10-22(26,27)28)18(34)31-11-5-12(16(23)13(25)6-11)21(8-24)20(3-4-20)9-36-19(29)33-21/h2,5-7H,1,3-4,8-10H2,(H2,29,33)(H,31,34)/t21-/m0/s1. The number of amides is 1. The Kier molecular flexibility index (Phi) is 6.54. The van der Waals surface area contributed by atoms with E-state index in [4.69, 9.17) is 22.1 Å². The summed E-state index contributed by atoms with van der Waals surface area (Å²) in [6.45, 7) is 0.888. The first kappa shape index (κ1) is 25.6. The monoisotopic (exact) mass is 531 g/mol. The molecule has 1 atom stereocenters. The van der Waals surface area contributed by atoms with Gasteiger partial charge in [0.1, 0.15) is 18.0 Å². The van der Waals surface area contributed by atoms with E-state index in [1.807, 2.05) is 0 Å². The molecule has 1 aliphatic heterocycles. The maximum atomic E-state index is 14.8. The number of rotatable bonds is 7. The first-order valence-electron chi connectivity index (χ1n) is 10.5.